The smallest absolute Gasteiger partial charge is 0.218 e. The molecule has 1 aromatic rings. The van der Waals surface area contributed by atoms with Crippen LogP contribution in [0.5, 0.6) is 5.88 Å². The van der Waals surface area contributed by atoms with E-state index < -0.39 is 0 Å². The SMILES string of the molecule is CCOc1cc(N(CCCl)C(CC)CC)ncn1. The summed E-state index contributed by atoms with van der Waals surface area (Å²) in [5, 5.41) is 0. The van der Waals surface area contributed by atoms with E-state index in [0.29, 0.717) is 24.4 Å². The Hall–Kier alpha value is -1.03. The Balaban J connectivity index is 2.93. The van der Waals surface area contributed by atoms with Crippen LogP contribution in [0.25, 0.3) is 0 Å². The van der Waals surface area contributed by atoms with Gasteiger partial charge >= 0.3 is 0 Å². The number of anilines is 1. The van der Waals surface area contributed by atoms with Crippen LogP contribution in [0.3, 0.4) is 0 Å². The lowest BCUT2D eigenvalue weighted by atomic mass is 10.1. The van der Waals surface area contributed by atoms with Crippen LogP contribution in [0.15, 0.2) is 12.4 Å². The number of ether oxygens (including phenoxy) is 1. The minimum absolute atomic E-state index is 0.452. The van der Waals surface area contributed by atoms with Crippen LogP contribution in [-0.4, -0.2) is 35.0 Å². The van der Waals surface area contributed by atoms with Crippen molar-refractivity contribution >= 4 is 17.4 Å². The summed E-state index contributed by atoms with van der Waals surface area (Å²) in [5.74, 6) is 2.10. The topological polar surface area (TPSA) is 38.2 Å². The molecule has 4 nitrogen and oxygen atoms in total. The lowest BCUT2D eigenvalue weighted by molar-refractivity contribution is 0.326. The first-order valence-electron chi connectivity index (χ1n) is 6.54. The highest BCUT2D eigenvalue weighted by molar-refractivity contribution is 6.18. The maximum Gasteiger partial charge on any atom is 0.218 e. The fourth-order valence-corrected chi connectivity index (χ4v) is 2.20. The Kier molecular flexibility index (Phi) is 6.80. The lowest BCUT2D eigenvalue weighted by Crippen LogP contribution is -2.36. The molecule has 0 aromatic carbocycles. The largest absolute Gasteiger partial charge is 0.478 e. The fraction of sp³-hybridized carbons (Fsp3) is 0.692. The average Bonchev–Trinajstić information content (AvgIpc) is 2.40. The second-order valence-corrected chi connectivity index (χ2v) is 4.38. The van der Waals surface area contributed by atoms with Crippen molar-refractivity contribution in [3.8, 4) is 5.88 Å². The van der Waals surface area contributed by atoms with Crippen LogP contribution in [-0.2, 0) is 0 Å². The molecule has 0 amide bonds. The molecule has 0 N–H and O–H groups in total. The van der Waals surface area contributed by atoms with E-state index >= 15 is 0 Å². The van der Waals surface area contributed by atoms with Crippen LogP contribution in [0, 0.1) is 0 Å². The Morgan fingerprint density at radius 1 is 1.28 bits per heavy atom. The van der Waals surface area contributed by atoms with Crippen LogP contribution in [0.4, 0.5) is 5.82 Å². The molecule has 5 heteroatoms. The third-order valence-electron chi connectivity index (χ3n) is 2.92. The highest BCUT2D eigenvalue weighted by Crippen LogP contribution is 2.21. The van der Waals surface area contributed by atoms with Gasteiger partial charge in [-0.2, -0.15) is 0 Å². The van der Waals surface area contributed by atoms with E-state index in [1.165, 1.54) is 0 Å². The molecule has 0 spiro atoms. The van der Waals surface area contributed by atoms with Gasteiger partial charge in [0.15, 0.2) is 0 Å². The van der Waals surface area contributed by atoms with E-state index in [2.05, 4.69) is 28.7 Å². The summed E-state index contributed by atoms with van der Waals surface area (Å²) in [6.45, 7) is 7.70. The molecule has 0 fully saturated rings. The van der Waals surface area contributed by atoms with Crippen LogP contribution in [0.1, 0.15) is 33.6 Å². The molecular weight excluding hydrogens is 250 g/mol. The first-order chi connectivity index (χ1) is 8.76. The minimum Gasteiger partial charge on any atom is -0.478 e. The molecule has 0 aliphatic carbocycles. The summed E-state index contributed by atoms with van der Waals surface area (Å²) >= 11 is 5.89. The third-order valence-corrected chi connectivity index (χ3v) is 3.09. The molecule has 18 heavy (non-hydrogen) atoms. The molecule has 0 atom stereocenters. The molecule has 0 saturated heterocycles. The van der Waals surface area contributed by atoms with Crippen LogP contribution in [0.2, 0.25) is 0 Å². The number of halogens is 1. The van der Waals surface area contributed by atoms with Crippen molar-refractivity contribution in [1.82, 2.24) is 9.97 Å². The molecule has 1 rings (SSSR count). The molecule has 0 unspecified atom stereocenters. The monoisotopic (exact) mass is 271 g/mol. The van der Waals surface area contributed by atoms with E-state index in [-0.39, 0.29) is 0 Å². The standard InChI is InChI=1S/C13H22ClN3O/c1-4-11(5-2)17(8-7-14)12-9-13(18-6-3)16-10-15-12/h9-11H,4-8H2,1-3H3. The van der Waals surface area contributed by atoms with Gasteiger partial charge in [0.25, 0.3) is 0 Å². The number of nitrogens with zero attached hydrogens (tertiary/aromatic N) is 3. The second kappa shape index (κ2) is 8.14. The number of hydrogen-bond donors (Lipinski definition) is 0. The summed E-state index contributed by atoms with van der Waals surface area (Å²) in [7, 11) is 0. The van der Waals surface area contributed by atoms with E-state index in [0.717, 1.165) is 25.2 Å². The van der Waals surface area contributed by atoms with Gasteiger partial charge in [-0.05, 0) is 19.8 Å². The van der Waals surface area contributed by atoms with Gasteiger partial charge in [0.1, 0.15) is 12.1 Å². The van der Waals surface area contributed by atoms with Gasteiger partial charge in [0, 0.05) is 24.5 Å². The number of aromatic nitrogens is 2. The van der Waals surface area contributed by atoms with Crippen molar-refractivity contribution in [2.75, 3.05) is 23.9 Å². The maximum atomic E-state index is 5.89. The number of alkyl halides is 1. The van der Waals surface area contributed by atoms with Crippen molar-refractivity contribution in [3.05, 3.63) is 12.4 Å². The molecule has 0 saturated carbocycles. The predicted molar refractivity (Wildman–Crippen MR) is 75.6 cm³/mol. The van der Waals surface area contributed by atoms with Crippen molar-refractivity contribution in [2.24, 2.45) is 0 Å². The molecule has 1 heterocycles. The van der Waals surface area contributed by atoms with Gasteiger partial charge < -0.3 is 9.64 Å². The van der Waals surface area contributed by atoms with Crippen molar-refractivity contribution in [3.63, 3.8) is 0 Å². The minimum atomic E-state index is 0.452. The molecular formula is C13H22ClN3O. The molecule has 0 aliphatic rings. The molecule has 102 valence electrons. The zero-order valence-corrected chi connectivity index (χ0v) is 12.2. The first-order valence-corrected chi connectivity index (χ1v) is 7.07. The van der Waals surface area contributed by atoms with Crippen LogP contribution >= 0.6 is 11.6 Å². The molecule has 0 bridgehead atoms. The van der Waals surface area contributed by atoms with Gasteiger partial charge in [0.2, 0.25) is 5.88 Å². The summed E-state index contributed by atoms with van der Waals surface area (Å²) in [5.41, 5.74) is 0. The number of hydrogen-bond acceptors (Lipinski definition) is 4. The summed E-state index contributed by atoms with van der Waals surface area (Å²) in [6.07, 6.45) is 3.69. The highest BCUT2D eigenvalue weighted by Gasteiger charge is 2.17. The normalized spacial score (nSPS) is 10.7. The zero-order chi connectivity index (χ0) is 13.4. The van der Waals surface area contributed by atoms with Gasteiger partial charge in [-0.3, -0.25) is 0 Å². The van der Waals surface area contributed by atoms with Gasteiger partial charge in [-0.15, -0.1) is 11.6 Å². The Labute approximate surface area is 114 Å². The van der Waals surface area contributed by atoms with Crippen molar-refractivity contribution in [1.29, 1.82) is 0 Å². The number of rotatable bonds is 8. The summed E-state index contributed by atoms with van der Waals surface area (Å²) in [4.78, 5) is 10.7. The van der Waals surface area contributed by atoms with Gasteiger partial charge in [-0.1, -0.05) is 13.8 Å². The third kappa shape index (κ3) is 4.02. The van der Waals surface area contributed by atoms with Crippen LogP contribution < -0.4 is 9.64 Å². The quantitative estimate of drug-likeness (QED) is 0.681. The van der Waals surface area contributed by atoms with E-state index in [1.807, 2.05) is 13.0 Å². The van der Waals surface area contributed by atoms with Gasteiger partial charge in [0.05, 0.1) is 6.61 Å². The summed E-state index contributed by atoms with van der Waals surface area (Å²) in [6, 6.07) is 2.34. The van der Waals surface area contributed by atoms with E-state index in [4.69, 9.17) is 16.3 Å². The average molecular weight is 272 g/mol. The second-order valence-electron chi connectivity index (χ2n) is 4.00. The Morgan fingerprint density at radius 3 is 2.56 bits per heavy atom. The van der Waals surface area contributed by atoms with Crippen molar-refractivity contribution in [2.45, 2.75) is 39.7 Å². The lowest BCUT2D eigenvalue weighted by Gasteiger charge is -2.31. The maximum absolute atomic E-state index is 5.89. The van der Waals surface area contributed by atoms with E-state index in [9.17, 15) is 0 Å². The molecule has 0 aliphatic heterocycles. The molecule has 1 aromatic heterocycles. The van der Waals surface area contributed by atoms with Crippen molar-refractivity contribution < 1.29 is 4.74 Å². The Bertz CT molecular complexity index is 345. The summed E-state index contributed by atoms with van der Waals surface area (Å²) < 4.78 is 5.41. The fourth-order valence-electron chi connectivity index (χ4n) is 2.02. The zero-order valence-electron chi connectivity index (χ0n) is 11.4. The Morgan fingerprint density at radius 2 is 2.00 bits per heavy atom. The highest BCUT2D eigenvalue weighted by atomic mass is 35.5. The van der Waals surface area contributed by atoms with E-state index in [1.54, 1.807) is 6.33 Å². The predicted octanol–water partition coefficient (Wildman–Crippen LogP) is 3.11. The first kappa shape index (κ1) is 15.0. The molecule has 0 radical (unpaired) electrons. The van der Waals surface area contributed by atoms with Gasteiger partial charge in [-0.25, -0.2) is 9.97 Å².